The summed E-state index contributed by atoms with van der Waals surface area (Å²) >= 11 is 0. The maximum atomic E-state index is 9.53. The minimum atomic E-state index is -0.674. The molecule has 5 heterocycles. The Kier molecular flexibility index (Phi) is 4.81. The normalized spacial score (nSPS) is 15.6. The molecular formula is C59H36N4O. The van der Waals surface area contributed by atoms with Gasteiger partial charge in [0.25, 0.3) is 0 Å². The minimum absolute atomic E-state index is 0.195. The van der Waals surface area contributed by atoms with Crippen LogP contribution in [0.25, 0.3) is 127 Å². The monoisotopic (exact) mass is 832 g/mol. The van der Waals surface area contributed by atoms with Crippen molar-refractivity contribution in [1.29, 1.82) is 0 Å². The first-order chi connectivity index (χ1) is 38.4. The van der Waals surface area contributed by atoms with Crippen LogP contribution in [-0.2, 0) is 0 Å². The highest BCUT2D eigenvalue weighted by molar-refractivity contribution is 6.16. The van der Waals surface area contributed by atoms with Crippen molar-refractivity contribution in [2.24, 2.45) is 0 Å². The molecule has 0 unspecified atom stereocenters. The van der Waals surface area contributed by atoms with Crippen molar-refractivity contribution in [2.45, 2.75) is 0 Å². The second kappa shape index (κ2) is 13.4. The van der Waals surface area contributed by atoms with Gasteiger partial charge in [-0.25, -0.2) is 4.98 Å². The van der Waals surface area contributed by atoms with Crippen LogP contribution in [0.1, 0.15) is 21.9 Å². The molecule has 0 aliphatic rings. The standard InChI is InChI=1S/C59H36N4O/c1-8-26-47-38(17-1)39-18-2-9-27-48(39)61(47)53-32-15-24-44(45-25-16-34-55-59(45)46-23-7-14-33-54(46)64-55)58(53)37-35-56(62-49-28-10-3-19-40(49)41-20-4-11-29-50(41)62)60-57(36-37)63-51-30-12-5-21-42(51)43-22-6-13-31-52(43)63/h1-36H/i3D,4D,5D,6D,10D,11D,12D,13D,19D,20D,21D,22D,28D,29D,30D,31D. The molecule has 0 amide bonds. The number of benzene rings is 9. The van der Waals surface area contributed by atoms with E-state index in [1.807, 2.05) is 109 Å². The Morgan fingerprint density at radius 2 is 0.828 bits per heavy atom. The fourth-order valence-electron chi connectivity index (χ4n) is 9.61. The smallest absolute Gasteiger partial charge is 0.140 e. The van der Waals surface area contributed by atoms with Crippen LogP contribution in [-0.4, -0.2) is 18.7 Å². The van der Waals surface area contributed by atoms with Gasteiger partial charge in [0.05, 0.1) is 60.7 Å². The highest BCUT2D eigenvalue weighted by Crippen LogP contribution is 2.46. The topological polar surface area (TPSA) is 40.8 Å². The van der Waals surface area contributed by atoms with Gasteiger partial charge >= 0.3 is 0 Å². The SMILES string of the molecule is [2H]c1c([2H])c([2H])c2c(c1[2H])c1c([2H])c([2H])c([2H])c([2H])c1n2-c1cc(-c2c(-c3cccc4oc5ccccc5c34)cccc2-n2c3ccccc3c3ccccc32)cc(-n2c3c([2H])c([2H])c([2H])c([2H])c3c3c([2H])c([2H])c([2H])c([2H])c32)n1. The summed E-state index contributed by atoms with van der Waals surface area (Å²) < 4.78 is 158. The third-order valence-corrected chi connectivity index (χ3v) is 12.2. The van der Waals surface area contributed by atoms with E-state index in [1.165, 1.54) is 9.13 Å². The molecule has 0 saturated carbocycles. The van der Waals surface area contributed by atoms with E-state index in [0.29, 0.717) is 39.1 Å². The molecular weight excluding hydrogens is 781 g/mol. The average molecular weight is 833 g/mol. The molecule has 0 atom stereocenters. The van der Waals surface area contributed by atoms with Crippen LogP contribution in [0.5, 0.6) is 0 Å². The molecule has 0 radical (unpaired) electrons. The van der Waals surface area contributed by atoms with E-state index >= 15 is 0 Å². The minimum Gasteiger partial charge on any atom is -0.456 e. The van der Waals surface area contributed by atoms with Gasteiger partial charge in [-0.3, -0.25) is 9.13 Å². The molecule has 5 aromatic heterocycles. The number of pyridine rings is 1. The van der Waals surface area contributed by atoms with Gasteiger partial charge in [-0.15, -0.1) is 0 Å². The van der Waals surface area contributed by atoms with Crippen LogP contribution in [0.4, 0.5) is 0 Å². The molecule has 298 valence electrons. The van der Waals surface area contributed by atoms with Crippen molar-refractivity contribution in [3.8, 4) is 39.6 Å². The van der Waals surface area contributed by atoms with E-state index in [1.54, 1.807) is 12.1 Å². The Labute approximate surface area is 389 Å². The molecule has 14 rings (SSSR count). The molecule has 9 aromatic carbocycles. The van der Waals surface area contributed by atoms with Gasteiger partial charge in [0, 0.05) is 48.7 Å². The highest BCUT2D eigenvalue weighted by Gasteiger charge is 2.24. The number of rotatable bonds is 5. The molecule has 0 aliphatic carbocycles. The van der Waals surface area contributed by atoms with Crippen LogP contribution < -0.4 is 0 Å². The molecule has 0 bridgehead atoms. The van der Waals surface area contributed by atoms with Gasteiger partial charge in [0.15, 0.2) is 0 Å². The van der Waals surface area contributed by atoms with Crippen molar-refractivity contribution < 1.29 is 26.3 Å². The molecule has 0 fully saturated rings. The zero-order valence-electron chi connectivity index (χ0n) is 49.2. The summed E-state index contributed by atoms with van der Waals surface area (Å²) in [6.07, 6.45) is 0. The second-order valence-electron chi connectivity index (χ2n) is 15.5. The molecule has 5 nitrogen and oxygen atoms in total. The summed E-state index contributed by atoms with van der Waals surface area (Å²) in [4.78, 5) is 5.21. The molecule has 14 aromatic rings. The van der Waals surface area contributed by atoms with E-state index in [9.17, 15) is 11.0 Å². The summed E-state index contributed by atoms with van der Waals surface area (Å²) in [6, 6.07) is 28.1. The zero-order chi connectivity index (χ0) is 55.8. The largest absolute Gasteiger partial charge is 0.456 e. The van der Waals surface area contributed by atoms with Crippen LogP contribution in [0, 0.1) is 0 Å². The number of hydrogen-bond acceptors (Lipinski definition) is 2. The van der Waals surface area contributed by atoms with Gasteiger partial charge in [0.1, 0.15) is 22.8 Å². The molecule has 0 spiro atoms. The van der Waals surface area contributed by atoms with Crippen molar-refractivity contribution in [1.82, 2.24) is 18.7 Å². The maximum absolute atomic E-state index is 9.53. The Morgan fingerprint density at radius 3 is 1.39 bits per heavy atom. The van der Waals surface area contributed by atoms with E-state index in [0.717, 1.165) is 32.6 Å². The first kappa shape index (κ1) is 23.0. The number of nitrogens with zero attached hydrogens (tertiary/aromatic N) is 4. The number of fused-ring (bicyclic) bond motifs is 12. The van der Waals surface area contributed by atoms with Crippen molar-refractivity contribution >= 4 is 87.4 Å². The quantitative estimate of drug-likeness (QED) is 0.173. The lowest BCUT2D eigenvalue weighted by Crippen LogP contribution is -2.06. The Balaban J connectivity index is 1.26. The Morgan fingerprint density at radius 1 is 0.375 bits per heavy atom. The van der Waals surface area contributed by atoms with Crippen molar-refractivity contribution in [3.05, 3.63) is 218 Å². The van der Waals surface area contributed by atoms with Gasteiger partial charge < -0.3 is 8.98 Å². The van der Waals surface area contributed by atoms with Crippen LogP contribution in [0.2, 0.25) is 0 Å². The highest BCUT2D eigenvalue weighted by atomic mass is 16.3. The van der Waals surface area contributed by atoms with Gasteiger partial charge in [-0.2, -0.15) is 0 Å². The first-order valence-electron chi connectivity index (χ1n) is 28.5. The van der Waals surface area contributed by atoms with E-state index in [2.05, 4.69) is 4.57 Å². The van der Waals surface area contributed by atoms with Crippen LogP contribution >= 0.6 is 0 Å². The number of para-hydroxylation sites is 7. The molecule has 0 saturated heterocycles. The Bertz CT molecular complexity index is 4780. The lowest BCUT2D eigenvalue weighted by atomic mass is 9.90. The summed E-state index contributed by atoms with van der Waals surface area (Å²) in [5, 5.41) is 2.54. The number of furan rings is 1. The third-order valence-electron chi connectivity index (χ3n) is 12.2. The molecule has 5 heteroatoms. The predicted octanol–water partition coefficient (Wildman–Crippen LogP) is 15.6. The lowest BCUT2D eigenvalue weighted by molar-refractivity contribution is 0.669. The van der Waals surface area contributed by atoms with E-state index in [4.69, 9.17) is 20.4 Å². The predicted molar refractivity (Wildman–Crippen MR) is 265 cm³/mol. The summed E-state index contributed by atoms with van der Waals surface area (Å²) in [7, 11) is 0. The van der Waals surface area contributed by atoms with E-state index in [-0.39, 0.29) is 55.2 Å². The van der Waals surface area contributed by atoms with Crippen molar-refractivity contribution in [3.63, 3.8) is 0 Å². The number of aromatic nitrogens is 4. The number of hydrogen-bond donors (Lipinski definition) is 0. The molecule has 64 heavy (non-hydrogen) atoms. The average Bonchev–Trinajstić information content (AvgIpc) is 4.38. The maximum Gasteiger partial charge on any atom is 0.140 e. The lowest BCUT2D eigenvalue weighted by Gasteiger charge is -2.21. The zero-order valence-corrected chi connectivity index (χ0v) is 33.2. The van der Waals surface area contributed by atoms with Gasteiger partial charge in [0.2, 0.25) is 0 Å². The molecule has 0 N–H and O–H groups in total. The van der Waals surface area contributed by atoms with Crippen LogP contribution in [0.15, 0.2) is 222 Å². The fraction of sp³-hybridized carbons (Fsp3) is 0. The first-order valence-corrected chi connectivity index (χ1v) is 20.5. The second-order valence-corrected chi connectivity index (χ2v) is 15.5. The van der Waals surface area contributed by atoms with Crippen LogP contribution in [0.3, 0.4) is 0 Å². The molecule has 0 aliphatic heterocycles. The summed E-state index contributed by atoms with van der Waals surface area (Å²) in [5.41, 5.74) is 4.56. The van der Waals surface area contributed by atoms with Gasteiger partial charge in [-0.05, 0) is 83.3 Å². The van der Waals surface area contributed by atoms with Gasteiger partial charge in [-0.1, -0.05) is 151 Å². The Hall–Kier alpha value is -8.67. The van der Waals surface area contributed by atoms with Crippen molar-refractivity contribution in [2.75, 3.05) is 0 Å². The fourth-order valence-corrected chi connectivity index (χ4v) is 9.61. The third kappa shape index (κ3) is 4.92. The summed E-state index contributed by atoms with van der Waals surface area (Å²) in [5.74, 6) is -0.390. The summed E-state index contributed by atoms with van der Waals surface area (Å²) in [6.45, 7) is 0. The van der Waals surface area contributed by atoms with E-state index < -0.39 is 96.7 Å².